The molecule has 0 aromatic carbocycles. The summed E-state index contributed by atoms with van der Waals surface area (Å²) >= 11 is 0. The van der Waals surface area contributed by atoms with Gasteiger partial charge < -0.3 is 0 Å². The van der Waals surface area contributed by atoms with Crippen LogP contribution in [0.1, 0.15) is 32.1 Å². The quantitative estimate of drug-likeness (QED) is 0.554. The van der Waals surface area contributed by atoms with Crippen molar-refractivity contribution in [1.29, 1.82) is 0 Å². The van der Waals surface area contributed by atoms with E-state index in [1.807, 2.05) is 0 Å². The lowest BCUT2D eigenvalue weighted by atomic mass is 9.95. The molecule has 2 rings (SSSR count). The second-order valence-corrected chi connectivity index (χ2v) is 3.80. The number of hydrogen-bond donors (Lipinski definition) is 0. The predicted octanol–water partition coefficient (Wildman–Crippen LogP) is 1.97. The summed E-state index contributed by atoms with van der Waals surface area (Å²) in [6, 6.07) is 1.04. The van der Waals surface area contributed by atoms with Gasteiger partial charge in [0.1, 0.15) is 6.67 Å². The second kappa shape index (κ2) is 3.10. The van der Waals surface area contributed by atoms with Crippen molar-refractivity contribution in [3.8, 4) is 0 Å². The van der Waals surface area contributed by atoms with Crippen molar-refractivity contribution < 1.29 is 4.39 Å². The van der Waals surface area contributed by atoms with Gasteiger partial charge in [0.05, 0.1) is 6.04 Å². The van der Waals surface area contributed by atoms with Gasteiger partial charge in [-0.2, -0.15) is 0 Å². The van der Waals surface area contributed by atoms with Gasteiger partial charge in [-0.05, 0) is 12.8 Å². The molecule has 1 saturated heterocycles. The fourth-order valence-electron chi connectivity index (χ4n) is 2.19. The average Bonchev–Trinajstić information content (AvgIpc) is 2.85. The van der Waals surface area contributed by atoms with Crippen LogP contribution in [0.2, 0.25) is 0 Å². The van der Waals surface area contributed by atoms with Crippen LogP contribution in [0, 0.1) is 0 Å². The molecule has 2 unspecified atom stereocenters. The Morgan fingerprint density at radius 3 is 2.45 bits per heavy atom. The highest BCUT2D eigenvalue weighted by Gasteiger charge is 2.39. The maximum Gasteiger partial charge on any atom is 0.106 e. The minimum absolute atomic E-state index is 0.128. The van der Waals surface area contributed by atoms with E-state index in [2.05, 4.69) is 4.90 Å². The topological polar surface area (TPSA) is 3.01 Å². The Kier molecular flexibility index (Phi) is 2.12. The summed E-state index contributed by atoms with van der Waals surface area (Å²) in [6.07, 6.45) is 6.75. The maximum atomic E-state index is 12.1. The molecule has 0 amide bonds. The van der Waals surface area contributed by atoms with Gasteiger partial charge in [0.25, 0.3) is 0 Å². The first kappa shape index (κ1) is 7.53. The van der Waals surface area contributed by atoms with Crippen LogP contribution in [0.4, 0.5) is 4.39 Å². The number of alkyl halides is 1. The zero-order valence-electron chi connectivity index (χ0n) is 6.93. The molecule has 0 spiro atoms. The lowest BCUT2D eigenvalue weighted by molar-refractivity contribution is 0.269. The molecular weight excluding hydrogens is 141 g/mol. The molecule has 0 radical (unpaired) electrons. The average molecular weight is 157 g/mol. The van der Waals surface area contributed by atoms with Crippen LogP contribution < -0.4 is 0 Å². The summed E-state index contributed by atoms with van der Waals surface area (Å²) in [5, 5.41) is 0. The molecule has 1 saturated carbocycles. The highest BCUT2D eigenvalue weighted by atomic mass is 19.1. The number of hydrogen-bond acceptors (Lipinski definition) is 1. The van der Waals surface area contributed by atoms with Crippen molar-refractivity contribution >= 4 is 0 Å². The Morgan fingerprint density at radius 2 is 1.91 bits per heavy atom. The number of halogens is 1. The minimum atomic E-state index is -0.128. The first-order chi connectivity index (χ1) is 5.42. The Balaban J connectivity index is 1.77. The molecule has 1 heterocycles. The Bertz CT molecular complexity index is 132. The van der Waals surface area contributed by atoms with E-state index >= 15 is 0 Å². The van der Waals surface area contributed by atoms with Gasteiger partial charge in [-0.1, -0.05) is 19.3 Å². The molecule has 64 valence electrons. The normalized spacial score (nSPS) is 39.0. The van der Waals surface area contributed by atoms with Gasteiger partial charge in [-0.25, -0.2) is 4.39 Å². The molecule has 1 aliphatic heterocycles. The first-order valence-electron chi connectivity index (χ1n) is 4.73. The molecular formula is C9H16FN. The van der Waals surface area contributed by atoms with E-state index in [0.29, 0.717) is 6.04 Å². The van der Waals surface area contributed by atoms with E-state index in [4.69, 9.17) is 0 Å². The molecule has 0 N–H and O–H groups in total. The molecule has 1 aliphatic carbocycles. The molecule has 11 heavy (non-hydrogen) atoms. The van der Waals surface area contributed by atoms with Crippen LogP contribution in [0.5, 0.6) is 0 Å². The molecule has 0 aromatic rings. The zero-order chi connectivity index (χ0) is 7.68. The molecule has 2 heteroatoms. The third kappa shape index (κ3) is 1.56. The third-order valence-electron chi connectivity index (χ3n) is 2.98. The van der Waals surface area contributed by atoms with E-state index in [1.165, 1.54) is 32.1 Å². The van der Waals surface area contributed by atoms with Crippen LogP contribution in [-0.2, 0) is 0 Å². The fourth-order valence-corrected chi connectivity index (χ4v) is 2.19. The van der Waals surface area contributed by atoms with Gasteiger partial charge >= 0.3 is 0 Å². The number of nitrogens with zero attached hydrogens (tertiary/aromatic N) is 1. The highest BCUT2D eigenvalue weighted by molar-refractivity contribution is 4.94. The lowest BCUT2D eigenvalue weighted by Gasteiger charge is -2.23. The van der Waals surface area contributed by atoms with E-state index < -0.39 is 0 Å². The maximum absolute atomic E-state index is 12.1. The SMILES string of the molecule is FCC1CN1C1CCCCC1. The van der Waals surface area contributed by atoms with Gasteiger partial charge in [-0.15, -0.1) is 0 Å². The minimum Gasteiger partial charge on any atom is -0.292 e. The Morgan fingerprint density at radius 1 is 1.18 bits per heavy atom. The van der Waals surface area contributed by atoms with Gasteiger partial charge in [0.2, 0.25) is 0 Å². The monoisotopic (exact) mass is 157 g/mol. The summed E-state index contributed by atoms with van der Waals surface area (Å²) in [5.41, 5.74) is 0. The van der Waals surface area contributed by atoms with Crippen molar-refractivity contribution in [2.45, 2.75) is 44.2 Å². The molecule has 0 aromatic heterocycles. The van der Waals surface area contributed by atoms with Crippen molar-refractivity contribution in [3.63, 3.8) is 0 Å². The highest BCUT2D eigenvalue weighted by Crippen LogP contribution is 2.31. The summed E-state index contributed by atoms with van der Waals surface area (Å²) in [7, 11) is 0. The second-order valence-electron chi connectivity index (χ2n) is 3.80. The molecule has 2 atom stereocenters. The van der Waals surface area contributed by atoms with Crippen LogP contribution in [0.15, 0.2) is 0 Å². The van der Waals surface area contributed by atoms with E-state index in [-0.39, 0.29) is 6.67 Å². The lowest BCUT2D eigenvalue weighted by Crippen LogP contribution is -2.23. The van der Waals surface area contributed by atoms with E-state index in [0.717, 1.165) is 12.6 Å². The van der Waals surface area contributed by atoms with Crippen LogP contribution in [-0.4, -0.2) is 30.2 Å². The van der Waals surface area contributed by atoms with E-state index in [9.17, 15) is 4.39 Å². The third-order valence-corrected chi connectivity index (χ3v) is 2.98. The van der Waals surface area contributed by atoms with Crippen LogP contribution >= 0.6 is 0 Å². The van der Waals surface area contributed by atoms with E-state index in [1.54, 1.807) is 0 Å². The fraction of sp³-hybridized carbons (Fsp3) is 1.00. The standard InChI is InChI=1S/C9H16FN/c10-6-9-7-11(9)8-4-2-1-3-5-8/h8-9H,1-7H2. The molecule has 1 nitrogen and oxygen atoms in total. The van der Waals surface area contributed by atoms with Crippen molar-refractivity contribution in [2.75, 3.05) is 13.2 Å². The predicted molar refractivity (Wildman–Crippen MR) is 43.3 cm³/mol. The summed E-state index contributed by atoms with van der Waals surface area (Å²) in [6.45, 7) is 0.900. The smallest absolute Gasteiger partial charge is 0.106 e. The zero-order valence-corrected chi connectivity index (χ0v) is 6.93. The van der Waals surface area contributed by atoms with Gasteiger partial charge in [0.15, 0.2) is 0 Å². The summed E-state index contributed by atoms with van der Waals surface area (Å²) < 4.78 is 12.1. The molecule has 0 bridgehead atoms. The summed E-state index contributed by atoms with van der Waals surface area (Å²) in [4.78, 5) is 2.33. The van der Waals surface area contributed by atoms with Crippen LogP contribution in [0.25, 0.3) is 0 Å². The van der Waals surface area contributed by atoms with Gasteiger partial charge in [0, 0.05) is 12.6 Å². The largest absolute Gasteiger partial charge is 0.292 e. The number of rotatable bonds is 2. The van der Waals surface area contributed by atoms with Crippen LogP contribution in [0.3, 0.4) is 0 Å². The van der Waals surface area contributed by atoms with Crippen molar-refractivity contribution in [3.05, 3.63) is 0 Å². The molecule has 2 fully saturated rings. The molecule has 2 aliphatic rings. The van der Waals surface area contributed by atoms with Gasteiger partial charge in [-0.3, -0.25) is 4.90 Å². The van der Waals surface area contributed by atoms with Crippen molar-refractivity contribution in [2.24, 2.45) is 0 Å². The Hall–Kier alpha value is -0.110. The Labute approximate surface area is 67.6 Å². The van der Waals surface area contributed by atoms with Crippen molar-refractivity contribution in [1.82, 2.24) is 4.90 Å². The first-order valence-corrected chi connectivity index (χ1v) is 4.73. The summed E-state index contributed by atoms with van der Waals surface area (Å²) in [5.74, 6) is 0.